The van der Waals surface area contributed by atoms with Gasteiger partial charge in [0.25, 0.3) is 0 Å². The van der Waals surface area contributed by atoms with Gasteiger partial charge in [0, 0.05) is 17.6 Å². The average molecular weight is 379 g/mol. The van der Waals surface area contributed by atoms with Crippen LogP contribution in [0.1, 0.15) is 19.8 Å². The highest BCUT2D eigenvalue weighted by molar-refractivity contribution is 9.10. The van der Waals surface area contributed by atoms with Gasteiger partial charge in [-0.1, -0.05) is 22.9 Å². The smallest absolute Gasteiger partial charge is 0.245 e. The Hall–Kier alpha value is -0.500. The van der Waals surface area contributed by atoms with Gasteiger partial charge in [-0.25, -0.2) is 12.8 Å². The molecule has 0 radical (unpaired) electrons. The van der Waals surface area contributed by atoms with Gasteiger partial charge in [0.15, 0.2) is 0 Å². The Morgan fingerprint density at radius 2 is 2.05 bits per heavy atom. The van der Waals surface area contributed by atoms with Crippen molar-refractivity contribution >= 4 is 26.0 Å². The van der Waals surface area contributed by atoms with Crippen LogP contribution in [0.15, 0.2) is 27.6 Å². The third-order valence-electron chi connectivity index (χ3n) is 3.77. The van der Waals surface area contributed by atoms with Gasteiger partial charge in [0.2, 0.25) is 10.0 Å². The SMILES string of the molecule is CCNCC1CCN(S(=O)(=O)c2ccc(Br)cc2F)CC1. The Kier molecular flexibility index (Phi) is 5.76. The summed E-state index contributed by atoms with van der Waals surface area (Å²) in [5.41, 5.74) is 0. The van der Waals surface area contributed by atoms with Crippen LogP contribution >= 0.6 is 15.9 Å². The molecule has 0 saturated carbocycles. The van der Waals surface area contributed by atoms with E-state index in [2.05, 4.69) is 28.2 Å². The third kappa shape index (κ3) is 4.03. The minimum absolute atomic E-state index is 0.240. The number of sulfonamides is 1. The van der Waals surface area contributed by atoms with E-state index in [4.69, 9.17) is 0 Å². The van der Waals surface area contributed by atoms with Crippen molar-refractivity contribution in [1.29, 1.82) is 0 Å². The fourth-order valence-electron chi connectivity index (χ4n) is 2.53. The van der Waals surface area contributed by atoms with Crippen molar-refractivity contribution in [1.82, 2.24) is 9.62 Å². The summed E-state index contributed by atoms with van der Waals surface area (Å²) in [5, 5.41) is 3.29. The molecular weight excluding hydrogens is 359 g/mol. The topological polar surface area (TPSA) is 49.4 Å². The maximum Gasteiger partial charge on any atom is 0.245 e. The first-order chi connectivity index (χ1) is 9.95. The highest BCUT2D eigenvalue weighted by atomic mass is 79.9. The van der Waals surface area contributed by atoms with Gasteiger partial charge in [-0.15, -0.1) is 0 Å². The van der Waals surface area contributed by atoms with Crippen molar-refractivity contribution in [3.63, 3.8) is 0 Å². The van der Waals surface area contributed by atoms with Crippen molar-refractivity contribution in [2.24, 2.45) is 5.92 Å². The second-order valence-corrected chi connectivity index (χ2v) is 8.05. The number of hydrogen-bond donors (Lipinski definition) is 1. The highest BCUT2D eigenvalue weighted by Crippen LogP contribution is 2.26. The first-order valence-corrected chi connectivity index (χ1v) is 9.34. The van der Waals surface area contributed by atoms with Crippen LogP contribution in [0.4, 0.5) is 4.39 Å². The molecule has 0 amide bonds. The molecule has 0 unspecified atom stereocenters. The molecule has 0 spiro atoms. The van der Waals surface area contributed by atoms with Crippen LogP contribution in [0, 0.1) is 11.7 Å². The molecule has 1 saturated heterocycles. The number of hydrogen-bond acceptors (Lipinski definition) is 3. The molecule has 0 aromatic heterocycles. The Morgan fingerprint density at radius 3 is 2.62 bits per heavy atom. The van der Waals surface area contributed by atoms with E-state index in [-0.39, 0.29) is 4.90 Å². The lowest BCUT2D eigenvalue weighted by atomic mass is 9.98. The van der Waals surface area contributed by atoms with Crippen molar-refractivity contribution < 1.29 is 12.8 Å². The zero-order chi connectivity index (χ0) is 15.5. The van der Waals surface area contributed by atoms with Crippen molar-refractivity contribution in [2.45, 2.75) is 24.7 Å². The summed E-state index contributed by atoms with van der Waals surface area (Å²) in [4.78, 5) is -0.240. The normalized spacial score (nSPS) is 18.0. The second kappa shape index (κ2) is 7.17. The second-order valence-electron chi connectivity index (χ2n) is 5.23. The van der Waals surface area contributed by atoms with E-state index in [0.717, 1.165) is 25.9 Å². The van der Waals surface area contributed by atoms with Crippen LogP contribution in [0.3, 0.4) is 0 Å². The minimum atomic E-state index is -3.74. The number of piperidine rings is 1. The molecule has 21 heavy (non-hydrogen) atoms. The lowest BCUT2D eigenvalue weighted by Gasteiger charge is -2.31. The van der Waals surface area contributed by atoms with Crippen LogP contribution < -0.4 is 5.32 Å². The molecule has 7 heteroatoms. The molecule has 1 aromatic carbocycles. The van der Waals surface area contributed by atoms with Gasteiger partial charge in [-0.3, -0.25) is 0 Å². The van der Waals surface area contributed by atoms with Crippen LogP contribution in [0.25, 0.3) is 0 Å². The third-order valence-corrected chi connectivity index (χ3v) is 6.19. The summed E-state index contributed by atoms with van der Waals surface area (Å²) in [6.07, 6.45) is 1.62. The number of benzene rings is 1. The van der Waals surface area contributed by atoms with Crippen LogP contribution in [0.2, 0.25) is 0 Å². The molecule has 118 valence electrons. The van der Waals surface area contributed by atoms with Crippen LogP contribution in [-0.4, -0.2) is 38.9 Å². The highest BCUT2D eigenvalue weighted by Gasteiger charge is 2.31. The summed E-state index contributed by atoms with van der Waals surface area (Å²) in [5.74, 6) is -0.217. The summed E-state index contributed by atoms with van der Waals surface area (Å²) in [7, 11) is -3.74. The fourth-order valence-corrected chi connectivity index (χ4v) is 4.37. The molecule has 1 aliphatic rings. The summed E-state index contributed by atoms with van der Waals surface area (Å²) >= 11 is 3.14. The average Bonchev–Trinajstić information content (AvgIpc) is 2.45. The Bertz CT molecular complexity index is 587. The first kappa shape index (κ1) is 16.9. The van der Waals surface area contributed by atoms with Gasteiger partial charge in [-0.2, -0.15) is 4.31 Å². The molecule has 1 fully saturated rings. The summed E-state index contributed by atoms with van der Waals surface area (Å²) in [6.45, 7) is 4.79. The first-order valence-electron chi connectivity index (χ1n) is 7.11. The lowest BCUT2D eigenvalue weighted by molar-refractivity contribution is 0.268. The predicted octanol–water partition coefficient (Wildman–Crippen LogP) is 2.60. The van der Waals surface area contributed by atoms with Crippen molar-refractivity contribution in [3.05, 3.63) is 28.5 Å². The quantitative estimate of drug-likeness (QED) is 0.856. The largest absolute Gasteiger partial charge is 0.317 e. The molecule has 0 bridgehead atoms. The standard InChI is InChI=1S/C14H20BrFN2O2S/c1-2-17-10-11-5-7-18(8-6-11)21(19,20)14-4-3-12(15)9-13(14)16/h3-4,9,11,17H,2,5-8,10H2,1H3. The fraction of sp³-hybridized carbons (Fsp3) is 0.571. The number of halogens is 2. The van der Waals surface area contributed by atoms with Gasteiger partial charge in [0.05, 0.1) is 0 Å². The maximum atomic E-state index is 13.9. The Balaban J connectivity index is 2.08. The number of nitrogens with one attached hydrogen (secondary N) is 1. The zero-order valence-electron chi connectivity index (χ0n) is 12.0. The molecular formula is C14H20BrFN2O2S. The van der Waals surface area contributed by atoms with E-state index in [9.17, 15) is 12.8 Å². The van der Waals surface area contributed by atoms with E-state index in [0.29, 0.717) is 23.5 Å². The van der Waals surface area contributed by atoms with Crippen LogP contribution in [-0.2, 0) is 10.0 Å². The Labute approximate surface area is 133 Å². The van der Waals surface area contributed by atoms with E-state index < -0.39 is 15.8 Å². The van der Waals surface area contributed by atoms with Gasteiger partial charge in [0.1, 0.15) is 10.7 Å². The molecule has 1 aromatic rings. The molecule has 0 aliphatic carbocycles. The number of rotatable bonds is 5. The van der Waals surface area contributed by atoms with Crippen molar-refractivity contribution in [3.8, 4) is 0 Å². The van der Waals surface area contributed by atoms with E-state index in [1.54, 1.807) is 6.07 Å². The van der Waals surface area contributed by atoms with Gasteiger partial charge < -0.3 is 5.32 Å². The summed E-state index contributed by atoms with van der Waals surface area (Å²) < 4.78 is 40.8. The van der Waals surface area contributed by atoms with Crippen LogP contribution in [0.5, 0.6) is 0 Å². The molecule has 1 N–H and O–H groups in total. The van der Waals surface area contributed by atoms with E-state index in [1.807, 2.05) is 0 Å². The van der Waals surface area contributed by atoms with Gasteiger partial charge in [-0.05, 0) is 50.0 Å². The predicted molar refractivity (Wildman–Crippen MR) is 84.1 cm³/mol. The van der Waals surface area contributed by atoms with Crippen molar-refractivity contribution in [2.75, 3.05) is 26.2 Å². The minimum Gasteiger partial charge on any atom is -0.317 e. The Morgan fingerprint density at radius 1 is 1.38 bits per heavy atom. The molecule has 1 heterocycles. The maximum absolute atomic E-state index is 13.9. The van der Waals surface area contributed by atoms with Gasteiger partial charge >= 0.3 is 0 Å². The zero-order valence-corrected chi connectivity index (χ0v) is 14.4. The summed E-state index contributed by atoms with van der Waals surface area (Å²) in [6, 6.07) is 4.05. The molecule has 1 aliphatic heterocycles. The molecule has 0 atom stereocenters. The monoisotopic (exact) mass is 378 g/mol. The van der Waals surface area contributed by atoms with E-state index >= 15 is 0 Å². The molecule has 2 rings (SSSR count). The lowest BCUT2D eigenvalue weighted by Crippen LogP contribution is -2.41. The number of nitrogens with zero attached hydrogens (tertiary/aromatic N) is 1. The van der Waals surface area contributed by atoms with E-state index in [1.165, 1.54) is 16.4 Å². The molecule has 4 nitrogen and oxygen atoms in total.